The zero-order valence-corrected chi connectivity index (χ0v) is 20.3. The van der Waals surface area contributed by atoms with E-state index in [0.29, 0.717) is 6.42 Å². The van der Waals surface area contributed by atoms with Crippen molar-refractivity contribution in [1.29, 1.82) is 0 Å². The SMILES string of the molecule is CCCc1ccc(C(OC2CCN(CCCCCCCC(=O)O)CC2)c2ccccc2)cc1. The van der Waals surface area contributed by atoms with Gasteiger partial charge in [0.15, 0.2) is 0 Å². The van der Waals surface area contributed by atoms with E-state index in [1.807, 2.05) is 0 Å². The summed E-state index contributed by atoms with van der Waals surface area (Å²) < 4.78 is 6.73. The molecule has 1 aliphatic heterocycles. The van der Waals surface area contributed by atoms with Crippen molar-refractivity contribution in [3.05, 3.63) is 71.3 Å². The Morgan fingerprint density at radius 2 is 1.58 bits per heavy atom. The Morgan fingerprint density at radius 1 is 0.939 bits per heavy atom. The highest BCUT2D eigenvalue weighted by Crippen LogP contribution is 2.30. The van der Waals surface area contributed by atoms with Gasteiger partial charge in [-0.25, -0.2) is 0 Å². The Labute approximate surface area is 200 Å². The van der Waals surface area contributed by atoms with E-state index in [0.717, 1.165) is 58.2 Å². The van der Waals surface area contributed by atoms with Crippen molar-refractivity contribution in [3.8, 4) is 0 Å². The lowest BCUT2D eigenvalue weighted by Crippen LogP contribution is -2.38. The standard InChI is InChI=1S/C29H41NO3/c1-2-11-24-15-17-26(18-16-24)29(25-12-7-6-8-13-25)33-27-19-22-30(23-20-27)21-10-5-3-4-9-14-28(31)32/h6-8,12-13,15-18,27,29H,2-5,9-11,14,19-23H2,1H3,(H,31,32). The average molecular weight is 452 g/mol. The number of hydrogen-bond acceptors (Lipinski definition) is 3. The zero-order chi connectivity index (χ0) is 23.3. The Bertz CT molecular complexity index is 797. The highest BCUT2D eigenvalue weighted by Gasteiger charge is 2.24. The quantitative estimate of drug-likeness (QED) is 0.327. The smallest absolute Gasteiger partial charge is 0.303 e. The maximum Gasteiger partial charge on any atom is 0.303 e. The summed E-state index contributed by atoms with van der Waals surface area (Å²) in [7, 11) is 0. The van der Waals surface area contributed by atoms with Crippen LogP contribution in [0.1, 0.15) is 87.5 Å². The number of nitrogens with zero attached hydrogens (tertiary/aromatic N) is 1. The van der Waals surface area contributed by atoms with Gasteiger partial charge in [0.05, 0.1) is 6.10 Å². The molecule has 0 spiro atoms. The lowest BCUT2D eigenvalue weighted by atomic mass is 9.98. The van der Waals surface area contributed by atoms with Crippen molar-refractivity contribution in [2.75, 3.05) is 19.6 Å². The molecule has 0 radical (unpaired) electrons. The largest absolute Gasteiger partial charge is 0.481 e. The third-order valence-corrected chi connectivity index (χ3v) is 6.65. The molecule has 1 atom stereocenters. The second kappa shape index (κ2) is 14.2. The lowest BCUT2D eigenvalue weighted by Gasteiger charge is -2.34. The molecule has 3 rings (SSSR count). The minimum atomic E-state index is -0.678. The van der Waals surface area contributed by atoms with Gasteiger partial charge in [-0.3, -0.25) is 4.79 Å². The number of aliphatic carboxylic acids is 1. The minimum absolute atomic E-state index is 0.00997. The number of aryl methyl sites for hydroxylation is 1. The first-order valence-electron chi connectivity index (χ1n) is 12.9. The van der Waals surface area contributed by atoms with Gasteiger partial charge in [0.1, 0.15) is 6.10 Å². The first kappa shape index (κ1) is 25.5. The molecule has 0 amide bonds. The predicted molar refractivity (Wildman–Crippen MR) is 135 cm³/mol. The summed E-state index contributed by atoms with van der Waals surface area (Å²) in [4.78, 5) is 13.1. The molecule has 1 heterocycles. The molecule has 0 aromatic heterocycles. The number of carbonyl (C=O) groups is 1. The van der Waals surface area contributed by atoms with Gasteiger partial charge < -0.3 is 14.7 Å². The molecule has 1 fully saturated rings. The Balaban J connectivity index is 1.45. The molecule has 180 valence electrons. The van der Waals surface area contributed by atoms with Crippen LogP contribution in [0.4, 0.5) is 0 Å². The summed E-state index contributed by atoms with van der Waals surface area (Å²) in [6.45, 7) is 5.56. The molecule has 0 aliphatic carbocycles. The maximum absolute atomic E-state index is 10.6. The van der Waals surface area contributed by atoms with Crippen LogP contribution in [0, 0.1) is 0 Å². The molecule has 1 N–H and O–H groups in total. The van der Waals surface area contributed by atoms with Gasteiger partial charge in [-0.15, -0.1) is 0 Å². The van der Waals surface area contributed by atoms with Crippen LogP contribution in [0.15, 0.2) is 54.6 Å². The normalized spacial score (nSPS) is 16.0. The van der Waals surface area contributed by atoms with Gasteiger partial charge in [0.2, 0.25) is 0 Å². The van der Waals surface area contributed by atoms with Gasteiger partial charge in [-0.05, 0) is 55.3 Å². The number of rotatable bonds is 14. The molecule has 0 bridgehead atoms. The first-order chi connectivity index (χ1) is 16.2. The van der Waals surface area contributed by atoms with E-state index in [1.165, 1.54) is 36.0 Å². The third-order valence-electron chi connectivity index (χ3n) is 6.65. The summed E-state index contributed by atoms with van der Waals surface area (Å²) in [6, 6.07) is 19.6. The fraction of sp³-hybridized carbons (Fsp3) is 0.552. The lowest BCUT2D eigenvalue weighted by molar-refractivity contribution is -0.137. The van der Waals surface area contributed by atoms with E-state index in [2.05, 4.69) is 66.4 Å². The summed E-state index contributed by atoms with van der Waals surface area (Å²) in [6.07, 6.45) is 10.4. The van der Waals surface area contributed by atoms with E-state index in [4.69, 9.17) is 9.84 Å². The molecule has 2 aromatic carbocycles. The average Bonchev–Trinajstić information content (AvgIpc) is 2.84. The van der Waals surface area contributed by atoms with Crippen LogP contribution in [0.3, 0.4) is 0 Å². The predicted octanol–water partition coefficient (Wildman–Crippen LogP) is 6.63. The third kappa shape index (κ3) is 8.94. The number of benzene rings is 2. The van der Waals surface area contributed by atoms with Gasteiger partial charge in [0, 0.05) is 19.5 Å². The van der Waals surface area contributed by atoms with E-state index < -0.39 is 5.97 Å². The maximum atomic E-state index is 10.6. The van der Waals surface area contributed by atoms with Gasteiger partial charge in [0.25, 0.3) is 0 Å². The van der Waals surface area contributed by atoms with Crippen LogP contribution in [-0.4, -0.2) is 41.7 Å². The van der Waals surface area contributed by atoms with Crippen LogP contribution in [-0.2, 0) is 16.0 Å². The zero-order valence-electron chi connectivity index (χ0n) is 20.3. The Hall–Kier alpha value is -2.17. The van der Waals surface area contributed by atoms with Crippen molar-refractivity contribution in [1.82, 2.24) is 4.90 Å². The van der Waals surface area contributed by atoms with E-state index >= 15 is 0 Å². The van der Waals surface area contributed by atoms with Gasteiger partial charge in [-0.2, -0.15) is 0 Å². The number of unbranched alkanes of at least 4 members (excludes halogenated alkanes) is 4. The van der Waals surface area contributed by atoms with E-state index in [1.54, 1.807) is 0 Å². The van der Waals surface area contributed by atoms with Crippen LogP contribution < -0.4 is 0 Å². The van der Waals surface area contributed by atoms with Crippen molar-refractivity contribution in [2.45, 2.75) is 83.3 Å². The van der Waals surface area contributed by atoms with Crippen molar-refractivity contribution in [2.24, 2.45) is 0 Å². The molecule has 1 saturated heterocycles. The summed E-state index contributed by atoms with van der Waals surface area (Å²) in [5.41, 5.74) is 3.86. The molecule has 2 aromatic rings. The summed E-state index contributed by atoms with van der Waals surface area (Å²) in [5, 5.41) is 8.71. The molecule has 4 heteroatoms. The highest BCUT2D eigenvalue weighted by atomic mass is 16.5. The fourth-order valence-electron chi connectivity index (χ4n) is 4.73. The van der Waals surface area contributed by atoms with Crippen molar-refractivity contribution >= 4 is 5.97 Å². The number of ether oxygens (including phenoxy) is 1. The van der Waals surface area contributed by atoms with Crippen LogP contribution in [0.25, 0.3) is 0 Å². The van der Waals surface area contributed by atoms with E-state index in [9.17, 15) is 4.79 Å². The van der Waals surface area contributed by atoms with E-state index in [-0.39, 0.29) is 12.2 Å². The number of hydrogen-bond donors (Lipinski definition) is 1. The molecule has 1 aliphatic rings. The van der Waals surface area contributed by atoms with Crippen LogP contribution in [0.5, 0.6) is 0 Å². The molecule has 1 unspecified atom stereocenters. The first-order valence-corrected chi connectivity index (χ1v) is 12.9. The molecule has 33 heavy (non-hydrogen) atoms. The second-order valence-corrected chi connectivity index (χ2v) is 9.37. The van der Waals surface area contributed by atoms with Gasteiger partial charge >= 0.3 is 5.97 Å². The molecular formula is C29H41NO3. The minimum Gasteiger partial charge on any atom is -0.481 e. The molecule has 4 nitrogen and oxygen atoms in total. The highest BCUT2D eigenvalue weighted by molar-refractivity contribution is 5.66. The number of likely N-dealkylation sites (tertiary alicyclic amines) is 1. The summed E-state index contributed by atoms with van der Waals surface area (Å²) >= 11 is 0. The summed E-state index contributed by atoms with van der Waals surface area (Å²) in [5.74, 6) is -0.678. The van der Waals surface area contributed by atoms with Gasteiger partial charge in [-0.1, -0.05) is 87.2 Å². The van der Waals surface area contributed by atoms with Crippen LogP contribution in [0.2, 0.25) is 0 Å². The van der Waals surface area contributed by atoms with Crippen molar-refractivity contribution in [3.63, 3.8) is 0 Å². The molecular weight excluding hydrogens is 410 g/mol. The monoisotopic (exact) mass is 451 g/mol. The Morgan fingerprint density at radius 3 is 2.24 bits per heavy atom. The second-order valence-electron chi connectivity index (χ2n) is 9.37. The molecule has 0 saturated carbocycles. The topological polar surface area (TPSA) is 49.8 Å². The van der Waals surface area contributed by atoms with Crippen molar-refractivity contribution < 1.29 is 14.6 Å². The van der Waals surface area contributed by atoms with Crippen LogP contribution >= 0.6 is 0 Å². The Kier molecular flexibility index (Phi) is 10.9. The fourth-order valence-corrected chi connectivity index (χ4v) is 4.73. The number of carboxylic acids is 1. The number of carboxylic acid groups (broad SMARTS) is 1. The number of piperidine rings is 1.